The summed E-state index contributed by atoms with van der Waals surface area (Å²) in [5, 5.41) is 0. The maximum absolute atomic E-state index is 12.3. The molecule has 0 aliphatic carbocycles. The van der Waals surface area contributed by atoms with E-state index in [4.69, 9.17) is 9.47 Å². The molecule has 0 heterocycles. The molecular formula is C15H18O5. The van der Waals surface area contributed by atoms with E-state index in [0.717, 1.165) is 5.56 Å². The zero-order chi connectivity index (χ0) is 15.1. The van der Waals surface area contributed by atoms with Crippen molar-refractivity contribution in [3.05, 3.63) is 35.4 Å². The number of ether oxygens (including phenoxy) is 2. The molecule has 0 N–H and O–H groups in total. The summed E-state index contributed by atoms with van der Waals surface area (Å²) in [6, 6.07) is 6.69. The zero-order valence-electron chi connectivity index (χ0n) is 11.8. The highest BCUT2D eigenvalue weighted by Gasteiger charge is 2.37. The van der Waals surface area contributed by atoms with Gasteiger partial charge < -0.3 is 9.47 Å². The Hall–Kier alpha value is -2.17. The molecule has 0 bridgehead atoms. The summed E-state index contributed by atoms with van der Waals surface area (Å²) in [5.41, 5.74) is 1.15. The molecule has 20 heavy (non-hydrogen) atoms. The SMILES string of the molecule is CCOC(=O)C(C(=O)OCC)C(=O)c1cccc(C)c1. The molecule has 1 aromatic carbocycles. The molecule has 5 nitrogen and oxygen atoms in total. The predicted octanol–water partition coefficient (Wildman–Crippen LogP) is 1.92. The van der Waals surface area contributed by atoms with Gasteiger partial charge in [0.15, 0.2) is 5.78 Å². The van der Waals surface area contributed by atoms with Crippen molar-refractivity contribution in [2.75, 3.05) is 13.2 Å². The lowest BCUT2D eigenvalue weighted by atomic mass is 9.96. The second kappa shape index (κ2) is 7.43. The molecule has 0 aliphatic heterocycles. The van der Waals surface area contributed by atoms with Crippen molar-refractivity contribution >= 4 is 17.7 Å². The molecule has 0 fully saturated rings. The first-order valence-corrected chi connectivity index (χ1v) is 6.45. The number of aryl methyl sites for hydroxylation is 1. The monoisotopic (exact) mass is 278 g/mol. The van der Waals surface area contributed by atoms with Crippen LogP contribution in [0, 0.1) is 12.8 Å². The van der Waals surface area contributed by atoms with Gasteiger partial charge in [-0.05, 0) is 26.8 Å². The fourth-order valence-corrected chi connectivity index (χ4v) is 1.73. The van der Waals surface area contributed by atoms with Gasteiger partial charge in [0, 0.05) is 5.56 Å². The number of Topliss-reactive ketones (excluding diaryl/α,β-unsaturated/α-hetero) is 1. The minimum atomic E-state index is -1.56. The Morgan fingerprint density at radius 1 is 1.05 bits per heavy atom. The average Bonchev–Trinajstić information content (AvgIpc) is 2.39. The maximum Gasteiger partial charge on any atom is 0.328 e. The third-order valence-electron chi connectivity index (χ3n) is 2.61. The van der Waals surface area contributed by atoms with Gasteiger partial charge in [0.05, 0.1) is 13.2 Å². The van der Waals surface area contributed by atoms with Crippen molar-refractivity contribution in [1.82, 2.24) is 0 Å². The summed E-state index contributed by atoms with van der Waals surface area (Å²) >= 11 is 0. The van der Waals surface area contributed by atoms with Crippen molar-refractivity contribution < 1.29 is 23.9 Å². The molecule has 0 aromatic heterocycles. The van der Waals surface area contributed by atoms with Gasteiger partial charge in [0.1, 0.15) is 0 Å². The third-order valence-corrected chi connectivity index (χ3v) is 2.61. The van der Waals surface area contributed by atoms with Crippen LogP contribution in [-0.2, 0) is 19.1 Å². The molecule has 0 spiro atoms. The first kappa shape index (κ1) is 15.9. The number of carbonyl (C=O) groups is 3. The Labute approximate surface area is 117 Å². The molecule has 0 saturated heterocycles. The van der Waals surface area contributed by atoms with Crippen LogP contribution in [0.25, 0.3) is 0 Å². The highest BCUT2D eigenvalue weighted by Crippen LogP contribution is 2.14. The number of rotatable bonds is 6. The molecule has 0 amide bonds. The molecule has 0 saturated carbocycles. The van der Waals surface area contributed by atoms with Crippen molar-refractivity contribution in [3.63, 3.8) is 0 Å². The summed E-state index contributed by atoms with van der Waals surface area (Å²) in [5.74, 6) is -3.92. The molecular weight excluding hydrogens is 260 g/mol. The van der Waals surface area contributed by atoms with Crippen LogP contribution in [0.15, 0.2) is 24.3 Å². The minimum Gasteiger partial charge on any atom is -0.465 e. The van der Waals surface area contributed by atoms with E-state index in [1.54, 1.807) is 32.0 Å². The molecule has 0 atom stereocenters. The van der Waals surface area contributed by atoms with Crippen LogP contribution in [0.2, 0.25) is 0 Å². The van der Waals surface area contributed by atoms with E-state index in [0.29, 0.717) is 0 Å². The topological polar surface area (TPSA) is 69.7 Å². The quantitative estimate of drug-likeness (QED) is 0.451. The molecule has 0 unspecified atom stereocenters. The van der Waals surface area contributed by atoms with Gasteiger partial charge in [-0.3, -0.25) is 14.4 Å². The van der Waals surface area contributed by atoms with E-state index in [9.17, 15) is 14.4 Å². The van der Waals surface area contributed by atoms with Crippen LogP contribution < -0.4 is 0 Å². The third kappa shape index (κ3) is 3.91. The second-order valence-corrected chi connectivity index (χ2v) is 4.17. The largest absolute Gasteiger partial charge is 0.465 e. The second-order valence-electron chi connectivity index (χ2n) is 4.17. The lowest BCUT2D eigenvalue weighted by Crippen LogP contribution is -2.35. The lowest BCUT2D eigenvalue weighted by molar-refractivity contribution is -0.158. The standard InChI is InChI=1S/C15H18O5/c1-4-19-14(17)12(15(18)20-5-2)13(16)11-8-6-7-10(3)9-11/h6-9,12H,4-5H2,1-3H3. The Morgan fingerprint density at radius 3 is 2.05 bits per heavy atom. The maximum atomic E-state index is 12.3. The van der Waals surface area contributed by atoms with Gasteiger partial charge in [0.25, 0.3) is 0 Å². The molecule has 5 heteroatoms. The predicted molar refractivity (Wildman–Crippen MR) is 72.3 cm³/mol. The van der Waals surface area contributed by atoms with Crippen molar-refractivity contribution in [3.8, 4) is 0 Å². The van der Waals surface area contributed by atoms with Crippen LogP contribution in [0.4, 0.5) is 0 Å². The van der Waals surface area contributed by atoms with E-state index in [2.05, 4.69) is 0 Å². The van der Waals surface area contributed by atoms with Crippen LogP contribution >= 0.6 is 0 Å². The van der Waals surface area contributed by atoms with E-state index in [1.165, 1.54) is 0 Å². The van der Waals surface area contributed by atoms with Crippen LogP contribution in [0.1, 0.15) is 29.8 Å². The van der Waals surface area contributed by atoms with Gasteiger partial charge in [-0.25, -0.2) is 0 Å². The Morgan fingerprint density at radius 2 is 1.60 bits per heavy atom. The Kier molecular flexibility index (Phi) is 5.90. The summed E-state index contributed by atoms with van der Waals surface area (Å²) in [4.78, 5) is 36.0. The van der Waals surface area contributed by atoms with Gasteiger partial charge >= 0.3 is 11.9 Å². The number of esters is 2. The lowest BCUT2D eigenvalue weighted by Gasteiger charge is -2.13. The van der Waals surface area contributed by atoms with Crippen molar-refractivity contribution in [1.29, 1.82) is 0 Å². The number of hydrogen-bond donors (Lipinski definition) is 0. The molecule has 0 radical (unpaired) electrons. The summed E-state index contributed by atoms with van der Waals surface area (Å²) in [6.45, 7) is 5.22. The van der Waals surface area contributed by atoms with Crippen LogP contribution in [0.3, 0.4) is 0 Å². The molecule has 1 aromatic rings. The number of benzene rings is 1. The zero-order valence-corrected chi connectivity index (χ0v) is 11.8. The summed E-state index contributed by atoms with van der Waals surface area (Å²) in [7, 11) is 0. The average molecular weight is 278 g/mol. The highest BCUT2D eigenvalue weighted by molar-refractivity contribution is 6.20. The number of carbonyl (C=O) groups excluding carboxylic acids is 3. The number of ketones is 1. The normalized spacial score (nSPS) is 10.2. The first-order valence-electron chi connectivity index (χ1n) is 6.45. The smallest absolute Gasteiger partial charge is 0.328 e. The first-order chi connectivity index (χ1) is 9.51. The van der Waals surface area contributed by atoms with E-state index in [-0.39, 0.29) is 18.8 Å². The Bertz CT molecular complexity index is 489. The Balaban J connectivity index is 3.06. The van der Waals surface area contributed by atoms with Crippen LogP contribution in [-0.4, -0.2) is 30.9 Å². The van der Waals surface area contributed by atoms with Crippen LogP contribution in [0.5, 0.6) is 0 Å². The summed E-state index contributed by atoms with van der Waals surface area (Å²) in [6.07, 6.45) is 0. The highest BCUT2D eigenvalue weighted by atomic mass is 16.6. The van der Waals surface area contributed by atoms with Gasteiger partial charge in [-0.15, -0.1) is 0 Å². The molecule has 0 aliphatic rings. The van der Waals surface area contributed by atoms with E-state index < -0.39 is 23.6 Å². The minimum absolute atomic E-state index is 0.0931. The molecule has 1 rings (SSSR count). The number of hydrogen-bond acceptors (Lipinski definition) is 5. The van der Waals surface area contributed by atoms with Crippen molar-refractivity contribution in [2.24, 2.45) is 5.92 Å². The van der Waals surface area contributed by atoms with Gasteiger partial charge in [0.2, 0.25) is 5.92 Å². The fraction of sp³-hybridized carbons (Fsp3) is 0.400. The van der Waals surface area contributed by atoms with Gasteiger partial charge in [-0.2, -0.15) is 0 Å². The van der Waals surface area contributed by atoms with E-state index in [1.807, 2.05) is 13.0 Å². The fourth-order valence-electron chi connectivity index (χ4n) is 1.73. The summed E-state index contributed by atoms with van der Waals surface area (Å²) < 4.78 is 9.57. The van der Waals surface area contributed by atoms with Crippen molar-refractivity contribution in [2.45, 2.75) is 20.8 Å². The van der Waals surface area contributed by atoms with Gasteiger partial charge in [-0.1, -0.05) is 23.8 Å². The van der Waals surface area contributed by atoms with E-state index >= 15 is 0 Å². The molecule has 108 valence electrons.